The molecule has 0 spiro atoms. The Kier molecular flexibility index (Phi) is 3.44. The molecule has 0 aromatic heterocycles. The molecule has 3 rings (SSSR count). The molecule has 17 heavy (non-hydrogen) atoms. The number of hydrogen-bond acceptors (Lipinski definition) is 2. The van der Waals surface area contributed by atoms with Gasteiger partial charge in [0.1, 0.15) is 0 Å². The fourth-order valence-electron chi connectivity index (χ4n) is 3.05. The third kappa shape index (κ3) is 2.53. The van der Waals surface area contributed by atoms with Crippen LogP contribution in [0, 0.1) is 5.92 Å². The zero-order valence-corrected chi connectivity index (χ0v) is 10.3. The summed E-state index contributed by atoms with van der Waals surface area (Å²) in [5.74, 6) is 0.719. The van der Waals surface area contributed by atoms with Gasteiger partial charge in [-0.05, 0) is 42.7 Å². The predicted molar refractivity (Wildman–Crippen MR) is 69.0 cm³/mol. The lowest BCUT2D eigenvalue weighted by atomic mass is 10.0. The molecule has 1 aliphatic heterocycles. The summed E-state index contributed by atoms with van der Waals surface area (Å²) in [4.78, 5) is 0. The molecule has 0 radical (unpaired) electrons. The molecule has 1 saturated heterocycles. The predicted octanol–water partition coefficient (Wildman–Crippen LogP) is 2.69. The number of ether oxygens (including phenoxy) is 1. The van der Waals surface area contributed by atoms with Crippen LogP contribution in [0.25, 0.3) is 0 Å². The number of aryl methyl sites for hydroxylation is 1. The molecule has 1 aromatic rings. The van der Waals surface area contributed by atoms with Crippen LogP contribution >= 0.6 is 0 Å². The monoisotopic (exact) mass is 231 g/mol. The maximum atomic E-state index is 5.53. The van der Waals surface area contributed by atoms with Gasteiger partial charge in [-0.25, -0.2) is 0 Å². The van der Waals surface area contributed by atoms with E-state index in [9.17, 15) is 0 Å². The molecule has 1 N–H and O–H groups in total. The smallest absolute Gasteiger partial charge is 0.0506 e. The molecule has 1 aliphatic carbocycles. The van der Waals surface area contributed by atoms with E-state index in [-0.39, 0.29) is 0 Å². The van der Waals surface area contributed by atoms with Crippen LogP contribution in [0.15, 0.2) is 24.3 Å². The van der Waals surface area contributed by atoms with Crippen LogP contribution in [0.1, 0.15) is 36.4 Å². The number of fused-ring (bicyclic) bond motifs is 1. The van der Waals surface area contributed by atoms with E-state index in [0.717, 1.165) is 25.7 Å². The molecule has 2 aliphatic rings. The zero-order chi connectivity index (χ0) is 11.5. The van der Waals surface area contributed by atoms with Crippen molar-refractivity contribution in [3.8, 4) is 0 Å². The molecule has 92 valence electrons. The lowest BCUT2D eigenvalue weighted by Crippen LogP contribution is -2.31. The van der Waals surface area contributed by atoms with Crippen molar-refractivity contribution < 1.29 is 4.74 Å². The second-order valence-electron chi connectivity index (χ2n) is 5.28. The van der Waals surface area contributed by atoms with Gasteiger partial charge in [-0.15, -0.1) is 0 Å². The number of rotatable bonds is 3. The van der Waals surface area contributed by atoms with Gasteiger partial charge >= 0.3 is 0 Å². The normalized spacial score (nSPS) is 28.0. The standard InChI is InChI=1S/C15H21NO/c1-2-6-14-13(5-1)7-8-15(14)16-10-12-4-3-9-17-11-12/h1-2,5-6,12,15-16H,3-4,7-11H2. The molecule has 0 saturated carbocycles. The van der Waals surface area contributed by atoms with E-state index in [0.29, 0.717) is 6.04 Å². The zero-order valence-electron chi connectivity index (χ0n) is 10.3. The maximum Gasteiger partial charge on any atom is 0.0506 e. The molecule has 0 bridgehead atoms. The first-order valence-electron chi connectivity index (χ1n) is 6.82. The van der Waals surface area contributed by atoms with Crippen LogP contribution in [0.2, 0.25) is 0 Å². The number of benzene rings is 1. The highest BCUT2D eigenvalue weighted by Crippen LogP contribution is 2.30. The van der Waals surface area contributed by atoms with Crippen molar-refractivity contribution in [3.63, 3.8) is 0 Å². The third-order valence-electron chi connectivity index (χ3n) is 4.04. The highest BCUT2D eigenvalue weighted by molar-refractivity contribution is 5.34. The quantitative estimate of drug-likeness (QED) is 0.863. The fourth-order valence-corrected chi connectivity index (χ4v) is 3.05. The SMILES string of the molecule is c1ccc2c(c1)CCC2NCC1CCCOC1. The summed E-state index contributed by atoms with van der Waals surface area (Å²) >= 11 is 0. The molecule has 2 heteroatoms. The minimum atomic E-state index is 0.577. The van der Waals surface area contributed by atoms with Crippen molar-refractivity contribution in [2.24, 2.45) is 5.92 Å². The van der Waals surface area contributed by atoms with E-state index >= 15 is 0 Å². The Morgan fingerprint density at radius 3 is 3.06 bits per heavy atom. The van der Waals surface area contributed by atoms with Crippen LogP contribution in [-0.4, -0.2) is 19.8 Å². The summed E-state index contributed by atoms with van der Waals surface area (Å²) in [5, 5.41) is 3.73. The maximum absolute atomic E-state index is 5.53. The Morgan fingerprint density at radius 2 is 2.18 bits per heavy atom. The van der Waals surface area contributed by atoms with Gasteiger partial charge in [0.25, 0.3) is 0 Å². The van der Waals surface area contributed by atoms with Gasteiger partial charge in [-0.3, -0.25) is 0 Å². The average Bonchev–Trinajstić information content (AvgIpc) is 2.81. The Hall–Kier alpha value is -0.860. The van der Waals surface area contributed by atoms with Crippen molar-refractivity contribution in [1.29, 1.82) is 0 Å². The van der Waals surface area contributed by atoms with E-state index in [1.807, 2.05) is 0 Å². The molecule has 1 heterocycles. The summed E-state index contributed by atoms with van der Waals surface area (Å²) in [6.45, 7) is 3.02. The second kappa shape index (κ2) is 5.19. The van der Waals surface area contributed by atoms with Crippen molar-refractivity contribution in [1.82, 2.24) is 5.32 Å². The van der Waals surface area contributed by atoms with Gasteiger partial charge in [-0.1, -0.05) is 24.3 Å². The lowest BCUT2D eigenvalue weighted by Gasteiger charge is -2.24. The van der Waals surface area contributed by atoms with Crippen molar-refractivity contribution in [2.45, 2.75) is 31.7 Å². The highest BCUT2D eigenvalue weighted by Gasteiger charge is 2.22. The Balaban J connectivity index is 1.56. The summed E-state index contributed by atoms with van der Waals surface area (Å²) in [6, 6.07) is 9.42. The lowest BCUT2D eigenvalue weighted by molar-refractivity contribution is 0.0538. The summed E-state index contributed by atoms with van der Waals surface area (Å²) in [6.07, 6.45) is 5.04. The molecule has 2 unspecified atom stereocenters. The van der Waals surface area contributed by atoms with Crippen LogP contribution in [-0.2, 0) is 11.2 Å². The Bertz CT molecular complexity index is 371. The van der Waals surface area contributed by atoms with Crippen molar-refractivity contribution in [2.75, 3.05) is 19.8 Å². The first-order chi connectivity index (χ1) is 8.43. The van der Waals surface area contributed by atoms with Gasteiger partial charge in [0.15, 0.2) is 0 Å². The number of nitrogens with one attached hydrogen (secondary N) is 1. The second-order valence-corrected chi connectivity index (χ2v) is 5.28. The minimum Gasteiger partial charge on any atom is -0.381 e. The molecular weight excluding hydrogens is 210 g/mol. The fraction of sp³-hybridized carbons (Fsp3) is 0.600. The van der Waals surface area contributed by atoms with Crippen molar-refractivity contribution >= 4 is 0 Å². The van der Waals surface area contributed by atoms with Gasteiger partial charge in [0.05, 0.1) is 6.61 Å². The first kappa shape index (κ1) is 11.2. The van der Waals surface area contributed by atoms with Gasteiger partial charge < -0.3 is 10.1 Å². The van der Waals surface area contributed by atoms with E-state index in [2.05, 4.69) is 29.6 Å². The summed E-state index contributed by atoms with van der Waals surface area (Å²) in [5.41, 5.74) is 3.05. The molecule has 0 amide bonds. The number of hydrogen-bond donors (Lipinski definition) is 1. The van der Waals surface area contributed by atoms with E-state index in [1.165, 1.54) is 36.8 Å². The average molecular weight is 231 g/mol. The summed E-state index contributed by atoms with van der Waals surface area (Å²) in [7, 11) is 0. The van der Waals surface area contributed by atoms with Crippen LogP contribution in [0.5, 0.6) is 0 Å². The molecule has 1 aromatic carbocycles. The molecule has 2 atom stereocenters. The Morgan fingerprint density at radius 1 is 1.24 bits per heavy atom. The van der Waals surface area contributed by atoms with Gasteiger partial charge in [0, 0.05) is 19.2 Å². The molecular formula is C15H21NO. The highest BCUT2D eigenvalue weighted by atomic mass is 16.5. The molecule has 1 fully saturated rings. The van der Waals surface area contributed by atoms with E-state index in [1.54, 1.807) is 0 Å². The topological polar surface area (TPSA) is 21.3 Å². The van der Waals surface area contributed by atoms with E-state index < -0.39 is 0 Å². The summed E-state index contributed by atoms with van der Waals surface area (Å²) < 4.78 is 5.53. The molecule has 2 nitrogen and oxygen atoms in total. The first-order valence-corrected chi connectivity index (χ1v) is 6.82. The van der Waals surface area contributed by atoms with Crippen LogP contribution < -0.4 is 5.32 Å². The van der Waals surface area contributed by atoms with Crippen LogP contribution in [0.3, 0.4) is 0 Å². The minimum absolute atomic E-state index is 0.577. The van der Waals surface area contributed by atoms with Gasteiger partial charge in [0.2, 0.25) is 0 Å². The Labute approximate surface area is 103 Å². The van der Waals surface area contributed by atoms with E-state index in [4.69, 9.17) is 4.74 Å². The largest absolute Gasteiger partial charge is 0.381 e. The third-order valence-corrected chi connectivity index (χ3v) is 4.04. The van der Waals surface area contributed by atoms with Crippen molar-refractivity contribution in [3.05, 3.63) is 35.4 Å². The van der Waals surface area contributed by atoms with Crippen LogP contribution in [0.4, 0.5) is 0 Å². The van der Waals surface area contributed by atoms with Gasteiger partial charge in [-0.2, -0.15) is 0 Å².